The average molecular weight is 374 g/mol. The zero-order valence-electron chi connectivity index (χ0n) is 9.72. The molecular formula is C12H8FIN2O3. The molecule has 0 saturated carbocycles. The minimum absolute atomic E-state index is 0.0323. The van der Waals surface area contributed by atoms with Crippen molar-refractivity contribution < 1.29 is 19.0 Å². The number of aromatic nitrogens is 2. The van der Waals surface area contributed by atoms with E-state index in [0.29, 0.717) is 0 Å². The van der Waals surface area contributed by atoms with Crippen LogP contribution < -0.4 is 4.74 Å². The summed E-state index contributed by atoms with van der Waals surface area (Å²) in [6, 6.07) is 4.56. The molecule has 0 aliphatic heterocycles. The molecule has 2 rings (SSSR count). The number of ether oxygens (including phenoxy) is 1. The minimum Gasteiger partial charge on any atom is -0.478 e. The van der Waals surface area contributed by atoms with Gasteiger partial charge in [-0.2, -0.15) is 9.37 Å². The number of benzene rings is 1. The van der Waals surface area contributed by atoms with E-state index < -0.39 is 11.8 Å². The van der Waals surface area contributed by atoms with E-state index in [-0.39, 0.29) is 22.9 Å². The van der Waals surface area contributed by atoms with E-state index in [2.05, 4.69) is 9.97 Å². The molecule has 0 radical (unpaired) electrons. The fraction of sp³-hybridized carbons (Fsp3) is 0.0833. The van der Waals surface area contributed by atoms with Crippen LogP contribution in [0.5, 0.6) is 11.6 Å². The van der Waals surface area contributed by atoms with Gasteiger partial charge in [-0.15, -0.1) is 0 Å². The number of halogens is 2. The fourth-order valence-electron chi connectivity index (χ4n) is 1.37. The van der Waals surface area contributed by atoms with E-state index in [1.165, 1.54) is 19.1 Å². The van der Waals surface area contributed by atoms with E-state index in [9.17, 15) is 9.18 Å². The molecule has 0 spiro atoms. The fourth-order valence-corrected chi connectivity index (χ4v) is 1.86. The van der Waals surface area contributed by atoms with Gasteiger partial charge in [0, 0.05) is 3.57 Å². The highest BCUT2D eigenvalue weighted by Crippen LogP contribution is 2.27. The molecule has 0 saturated heterocycles. The topological polar surface area (TPSA) is 72.3 Å². The van der Waals surface area contributed by atoms with Crippen LogP contribution in [-0.4, -0.2) is 21.0 Å². The molecule has 0 aliphatic rings. The minimum atomic E-state index is -1.15. The van der Waals surface area contributed by atoms with Crippen molar-refractivity contribution in [2.45, 2.75) is 6.92 Å². The van der Waals surface area contributed by atoms with Gasteiger partial charge in [-0.05, 0) is 47.7 Å². The number of aromatic carboxylic acids is 1. The average Bonchev–Trinajstić information content (AvgIpc) is 2.36. The molecule has 1 aromatic heterocycles. The Bertz CT molecular complexity index is 649. The molecule has 98 valence electrons. The summed E-state index contributed by atoms with van der Waals surface area (Å²) in [7, 11) is 0. The quantitative estimate of drug-likeness (QED) is 0.837. The Labute approximate surface area is 121 Å². The van der Waals surface area contributed by atoms with Crippen LogP contribution in [-0.2, 0) is 0 Å². The van der Waals surface area contributed by atoms with E-state index in [1.807, 2.05) is 22.6 Å². The first-order chi connectivity index (χ1) is 8.99. The zero-order chi connectivity index (χ0) is 14.0. The maximum Gasteiger partial charge on any atom is 0.339 e. The summed E-state index contributed by atoms with van der Waals surface area (Å²) < 4.78 is 19.7. The second-order valence-corrected chi connectivity index (χ2v) is 4.87. The highest BCUT2D eigenvalue weighted by Gasteiger charge is 2.16. The van der Waals surface area contributed by atoms with Crippen molar-refractivity contribution in [3.8, 4) is 11.6 Å². The normalized spacial score (nSPS) is 10.3. The first-order valence-corrected chi connectivity index (χ1v) is 6.24. The number of aryl methyl sites for hydroxylation is 1. The molecule has 5 nitrogen and oxygen atoms in total. The van der Waals surface area contributed by atoms with Crippen LogP contribution >= 0.6 is 22.6 Å². The standard InChI is InChI=1S/C12H8FIN2O3/c1-6-10(13)11(16-5-15-6)19-9-3-2-7(14)4-8(9)12(17)18/h2-5H,1H3,(H,17,18). The van der Waals surface area contributed by atoms with Gasteiger partial charge in [0.2, 0.25) is 5.82 Å². The van der Waals surface area contributed by atoms with Gasteiger partial charge >= 0.3 is 5.97 Å². The van der Waals surface area contributed by atoms with Crippen LogP contribution in [0.2, 0.25) is 0 Å². The predicted molar refractivity (Wildman–Crippen MR) is 72.9 cm³/mol. The van der Waals surface area contributed by atoms with E-state index >= 15 is 0 Å². The Kier molecular flexibility index (Phi) is 3.93. The Hall–Kier alpha value is -1.77. The maximum absolute atomic E-state index is 13.7. The number of hydrogen-bond donors (Lipinski definition) is 1. The van der Waals surface area contributed by atoms with Gasteiger partial charge in [-0.1, -0.05) is 0 Å². The van der Waals surface area contributed by atoms with Gasteiger partial charge in [-0.25, -0.2) is 9.78 Å². The Balaban J connectivity index is 2.44. The molecule has 7 heteroatoms. The van der Waals surface area contributed by atoms with Crippen LogP contribution in [0.25, 0.3) is 0 Å². The van der Waals surface area contributed by atoms with E-state index in [0.717, 1.165) is 9.90 Å². The lowest BCUT2D eigenvalue weighted by Gasteiger charge is -2.09. The molecule has 19 heavy (non-hydrogen) atoms. The van der Waals surface area contributed by atoms with Gasteiger partial charge in [0.05, 0.1) is 5.69 Å². The van der Waals surface area contributed by atoms with Crippen molar-refractivity contribution in [1.82, 2.24) is 9.97 Å². The van der Waals surface area contributed by atoms with Crippen LogP contribution in [0, 0.1) is 16.3 Å². The van der Waals surface area contributed by atoms with Crippen molar-refractivity contribution in [2.24, 2.45) is 0 Å². The number of carbonyl (C=O) groups is 1. The Morgan fingerprint density at radius 1 is 1.42 bits per heavy atom. The van der Waals surface area contributed by atoms with Gasteiger partial charge in [0.15, 0.2) is 0 Å². The van der Waals surface area contributed by atoms with Crippen LogP contribution in [0.1, 0.15) is 16.1 Å². The molecule has 0 bridgehead atoms. The zero-order valence-corrected chi connectivity index (χ0v) is 11.9. The first-order valence-electron chi connectivity index (χ1n) is 5.17. The smallest absolute Gasteiger partial charge is 0.339 e. The molecule has 0 atom stereocenters. The number of carboxylic acid groups (broad SMARTS) is 1. The van der Waals surface area contributed by atoms with Gasteiger partial charge in [0.25, 0.3) is 5.88 Å². The molecular weight excluding hydrogens is 366 g/mol. The molecule has 0 aliphatic carbocycles. The number of rotatable bonds is 3. The number of hydrogen-bond acceptors (Lipinski definition) is 4. The maximum atomic E-state index is 13.7. The second-order valence-electron chi connectivity index (χ2n) is 3.63. The lowest BCUT2D eigenvalue weighted by Crippen LogP contribution is -2.03. The highest BCUT2D eigenvalue weighted by molar-refractivity contribution is 14.1. The largest absolute Gasteiger partial charge is 0.478 e. The summed E-state index contributed by atoms with van der Waals surface area (Å²) in [4.78, 5) is 18.4. The molecule has 0 unspecified atom stereocenters. The van der Waals surface area contributed by atoms with E-state index in [1.54, 1.807) is 6.07 Å². The van der Waals surface area contributed by atoms with Crippen LogP contribution in [0.15, 0.2) is 24.5 Å². The Morgan fingerprint density at radius 3 is 2.84 bits per heavy atom. The highest BCUT2D eigenvalue weighted by atomic mass is 127. The molecule has 2 aromatic rings. The third kappa shape index (κ3) is 2.98. The summed E-state index contributed by atoms with van der Waals surface area (Å²) in [6.45, 7) is 1.47. The first kappa shape index (κ1) is 13.7. The molecule has 0 fully saturated rings. The molecule has 1 aromatic carbocycles. The predicted octanol–water partition coefficient (Wildman–Crippen LogP) is 3.02. The SMILES string of the molecule is Cc1ncnc(Oc2ccc(I)cc2C(=O)O)c1F. The summed E-state index contributed by atoms with van der Waals surface area (Å²) in [5, 5.41) is 9.08. The van der Waals surface area contributed by atoms with Gasteiger partial charge < -0.3 is 9.84 Å². The molecule has 0 amide bonds. The van der Waals surface area contributed by atoms with Gasteiger partial charge in [0.1, 0.15) is 17.6 Å². The number of carboxylic acids is 1. The summed E-state index contributed by atoms with van der Waals surface area (Å²) >= 11 is 1.98. The summed E-state index contributed by atoms with van der Waals surface area (Å²) in [6.07, 6.45) is 1.15. The molecule has 1 heterocycles. The van der Waals surface area contributed by atoms with Crippen molar-refractivity contribution in [3.05, 3.63) is 45.2 Å². The van der Waals surface area contributed by atoms with Gasteiger partial charge in [-0.3, -0.25) is 0 Å². The van der Waals surface area contributed by atoms with E-state index in [4.69, 9.17) is 9.84 Å². The number of nitrogens with zero attached hydrogens (tertiary/aromatic N) is 2. The Morgan fingerprint density at radius 2 is 2.16 bits per heavy atom. The van der Waals surface area contributed by atoms with Crippen molar-refractivity contribution >= 4 is 28.6 Å². The molecule has 1 N–H and O–H groups in total. The lowest BCUT2D eigenvalue weighted by atomic mass is 10.2. The lowest BCUT2D eigenvalue weighted by molar-refractivity contribution is 0.0694. The summed E-state index contributed by atoms with van der Waals surface area (Å²) in [5.74, 6) is -2.13. The third-order valence-corrected chi connectivity index (χ3v) is 2.98. The van der Waals surface area contributed by atoms with Crippen LogP contribution in [0.4, 0.5) is 4.39 Å². The van der Waals surface area contributed by atoms with Crippen LogP contribution in [0.3, 0.4) is 0 Å². The van der Waals surface area contributed by atoms with Crippen molar-refractivity contribution in [3.63, 3.8) is 0 Å². The van der Waals surface area contributed by atoms with Crippen molar-refractivity contribution in [1.29, 1.82) is 0 Å². The van der Waals surface area contributed by atoms with Crippen molar-refractivity contribution in [2.75, 3.05) is 0 Å². The third-order valence-electron chi connectivity index (χ3n) is 2.31. The second kappa shape index (κ2) is 5.47. The summed E-state index contributed by atoms with van der Waals surface area (Å²) in [5.41, 5.74) is 0.0787. The monoisotopic (exact) mass is 374 g/mol.